The van der Waals surface area contributed by atoms with Crippen LogP contribution in [0.15, 0.2) is 0 Å². The van der Waals surface area contributed by atoms with Gasteiger partial charge in [0.15, 0.2) is 0 Å². The summed E-state index contributed by atoms with van der Waals surface area (Å²) in [5, 5.41) is 0. The minimum atomic E-state index is 0.573. The third kappa shape index (κ3) is 12.9. The Kier molecular flexibility index (Phi) is 13.0. The van der Waals surface area contributed by atoms with E-state index in [1.807, 2.05) is 0 Å². The Morgan fingerprint density at radius 2 is 1.22 bits per heavy atom. The number of epoxide rings is 1. The first kappa shape index (κ1) is 21.0. The molecular weight excluding hydrogens is 282 g/mol. The molecule has 0 saturated carbocycles. The fourth-order valence-corrected chi connectivity index (χ4v) is 3.49. The second-order valence-corrected chi connectivity index (χ2v) is 7.84. The topological polar surface area (TPSA) is 15.8 Å². The Bertz CT molecular complexity index is 250. The maximum absolute atomic E-state index is 5.38. The Hall–Kier alpha value is -0.0800. The van der Waals surface area contributed by atoms with Crippen LogP contribution in [0.2, 0.25) is 0 Å². The molecule has 1 heterocycles. The number of rotatable bonds is 17. The molecule has 23 heavy (non-hydrogen) atoms. The van der Waals surface area contributed by atoms with Crippen molar-refractivity contribution in [2.75, 3.05) is 20.7 Å². The fraction of sp³-hybridized carbons (Fsp3) is 1.00. The molecule has 138 valence electrons. The summed E-state index contributed by atoms with van der Waals surface area (Å²) >= 11 is 0. The van der Waals surface area contributed by atoms with Crippen LogP contribution in [0.3, 0.4) is 0 Å². The third-order valence-electron chi connectivity index (χ3n) is 5.31. The SMILES string of the molecule is CCCCCCCCCCCCCCCC(CC1CO1)N(C)C. The van der Waals surface area contributed by atoms with Crippen LogP contribution in [-0.2, 0) is 4.74 Å². The zero-order chi connectivity index (χ0) is 16.8. The average Bonchev–Trinajstić information content (AvgIpc) is 3.34. The van der Waals surface area contributed by atoms with E-state index >= 15 is 0 Å². The minimum Gasteiger partial charge on any atom is -0.373 e. The lowest BCUT2D eigenvalue weighted by atomic mass is 10.0. The molecule has 0 aromatic heterocycles. The predicted molar refractivity (Wildman–Crippen MR) is 102 cm³/mol. The van der Waals surface area contributed by atoms with Crippen molar-refractivity contribution in [3.8, 4) is 0 Å². The lowest BCUT2D eigenvalue weighted by Crippen LogP contribution is -2.29. The molecule has 2 atom stereocenters. The molecule has 0 spiro atoms. The average molecular weight is 326 g/mol. The van der Waals surface area contributed by atoms with Gasteiger partial charge in [-0.05, 0) is 26.9 Å². The first-order chi connectivity index (χ1) is 11.2. The zero-order valence-corrected chi connectivity index (χ0v) is 16.3. The maximum Gasteiger partial charge on any atom is 0.0824 e. The van der Waals surface area contributed by atoms with Crippen molar-refractivity contribution in [2.24, 2.45) is 0 Å². The molecule has 0 amide bonds. The highest BCUT2D eigenvalue weighted by Gasteiger charge is 2.27. The van der Waals surface area contributed by atoms with Crippen LogP contribution in [0.25, 0.3) is 0 Å². The first-order valence-electron chi connectivity index (χ1n) is 10.5. The van der Waals surface area contributed by atoms with Crippen LogP contribution in [0.1, 0.15) is 103 Å². The summed E-state index contributed by atoms with van der Waals surface area (Å²) in [5.41, 5.74) is 0. The molecule has 2 nitrogen and oxygen atoms in total. The van der Waals surface area contributed by atoms with Gasteiger partial charge in [-0.25, -0.2) is 0 Å². The Balaban J connectivity index is 1.78. The lowest BCUT2D eigenvalue weighted by molar-refractivity contribution is 0.235. The summed E-state index contributed by atoms with van der Waals surface area (Å²) in [4.78, 5) is 2.39. The fourth-order valence-electron chi connectivity index (χ4n) is 3.49. The normalized spacial score (nSPS) is 18.5. The highest BCUT2D eigenvalue weighted by atomic mass is 16.6. The van der Waals surface area contributed by atoms with Crippen molar-refractivity contribution < 1.29 is 4.74 Å². The van der Waals surface area contributed by atoms with Gasteiger partial charge in [-0.1, -0.05) is 90.4 Å². The summed E-state index contributed by atoms with van der Waals surface area (Å²) in [6, 6.07) is 0.732. The van der Waals surface area contributed by atoms with Gasteiger partial charge >= 0.3 is 0 Å². The minimum absolute atomic E-state index is 0.573. The molecule has 0 radical (unpaired) electrons. The van der Waals surface area contributed by atoms with E-state index in [0.29, 0.717) is 6.10 Å². The van der Waals surface area contributed by atoms with E-state index in [9.17, 15) is 0 Å². The number of unbranched alkanes of at least 4 members (excludes halogenated alkanes) is 12. The van der Waals surface area contributed by atoms with Crippen LogP contribution < -0.4 is 0 Å². The highest BCUT2D eigenvalue weighted by Crippen LogP contribution is 2.21. The van der Waals surface area contributed by atoms with E-state index in [1.54, 1.807) is 0 Å². The van der Waals surface area contributed by atoms with Crippen LogP contribution in [0.4, 0.5) is 0 Å². The standard InChI is InChI=1S/C21H43NO/c1-4-5-6-7-8-9-10-11-12-13-14-15-16-17-20(22(2)3)18-21-19-23-21/h20-21H,4-19H2,1-3H3. The molecule has 1 fully saturated rings. The summed E-state index contributed by atoms with van der Waals surface area (Å²) < 4.78 is 5.38. The summed E-state index contributed by atoms with van der Waals surface area (Å²) in [6.45, 7) is 3.30. The van der Waals surface area contributed by atoms with Crippen LogP contribution in [-0.4, -0.2) is 37.7 Å². The van der Waals surface area contributed by atoms with Crippen LogP contribution >= 0.6 is 0 Å². The number of nitrogens with zero attached hydrogens (tertiary/aromatic N) is 1. The van der Waals surface area contributed by atoms with Gasteiger partial charge in [0.1, 0.15) is 0 Å². The van der Waals surface area contributed by atoms with E-state index in [2.05, 4.69) is 25.9 Å². The first-order valence-corrected chi connectivity index (χ1v) is 10.5. The second kappa shape index (κ2) is 14.3. The van der Waals surface area contributed by atoms with Gasteiger partial charge in [0.25, 0.3) is 0 Å². The van der Waals surface area contributed by atoms with E-state index in [4.69, 9.17) is 4.74 Å². The van der Waals surface area contributed by atoms with Gasteiger partial charge in [0.2, 0.25) is 0 Å². The van der Waals surface area contributed by atoms with E-state index < -0.39 is 0 Å². The van der Waals surface area contributed by atoms with Gasteiger partial charge in [-0.2, -0.15) is 0 Å². The van der Waals surface area contributed by atoms with Crippen molar-refractivity contribution in [3.63, 3.8) is 0 Å². The van der Waals surface area contributed by atoms with Crippen LogP contribution in [0.5, 0.6) is 0 Å². The molecule has 2 heteroatoms. The molecular formula is C21H43NO. The molecule has 0 N–H and O–H groups in total. The lowest BCUT2D eigenvalue weighted by Gasteiger charge is -2.23. The van der Waals surface area contributed by atoms with Gasteiger partial charge < -0.3 is 9.64 Å². The summed E-state index contributed by atoms with van der Waals surface area (Å²) in [6.07, 6.45) is 21.9. The zero-order valence-electron chi connectivity index (χ0n) is 16.3. The van der Waals surface area contributed by atoms with Gasteiger partial charge in [-0.3, -0.25) is 0 Å². The molecule has 1 aliphatic rings. The molecule has 1 saturated heterocycles. The van der Waals surface area contributed by atoms with Crippen molar-refractivity contribution >= 4 is 0 Å². The molecule has 0 aromatic carbocycles. The Labute approximate surface area is 146 Å². The second-order valence-electron chi connectivity index (χ2n) is 7.84. The number of hydrogen-bond acceptors (Lipinski definition) is 2. The maximum atomic E-state index is 5.38. The highest BCUT2D eigenvalue weighted by molar-refractivity contribution is 4.78. The van der Waals surface area contributed by atoms with Crippen molar-refractivity contribution in [3.05, 3.63) is 0 Å². The van der Waals surface area contributed by atoms with Crippen molar-refractivity contribution in [1.29, 1.82) is 0 Å². The molecule has 0 bridgehead atoms. The van der Waals surface area contributed by atoms with Crippen LogP contribution in [0, 0.1) is 0 Å². The number of hydrogen-bond donors (Lipinski definition) is 0. The molecule has 2 unspecified atom stereocenters. The van der Waals surface area contributed by atoms with Crippen molar-refractivity contribution in [2.45, 2.75) is 115 Å². The Morgan fingerprint density at radius 3 is 1.61 bits per heavy atom. The quantitative estimate of drug-likeness (QED) is 0.234. The third-order valence-corrected chi connectivity index (χ3v) is 5.31. The van der Waals surface area contributed by atoms with Gasteiger partial charge in [-0.15, -0.1) is 0 Å². The Morgan fingerprint density at radius 1 is 0.783 bits per heavy atom. The molecule has 1 aliphatic heterocycles. The molecule has 0 aliphatic carbocycles. The van der Waals surface area contributed by atoms with E-state index in [1.165, 1.54) is 96.3 Å². The molecule has 1 rings (SSSR count). The van der Waals surface area contributed by atoms with Gasteiger partial charge in [0, 0.05) is 6.04 Å². The number of ether oxygens (including phenoxy) is 1. The monoisotopic (exact) mass is 325 g/mol. The largest absolute Gasteiger partial charge is 0.373 e. The van der Waals surface area contributed by atoms with Crippen molar-refractivity contribution in [1.82, 2.24) is 4.90 Å². The smallest absolute Gasteiger partial charge is 0.0824 e. The predicted octanol–water partition coefficient (Wildman–Crippen LogP) is 6.19. The molecule has 0 aromatic rings. The van der Waals surface area contributed by atoms with E-state index in [-0.39, 0.29) is 0 Å². The van der Waals surface area contributed by atoms with Gasteiger partial charge in [0.05, 0.1) is 12.7 Å². The summed E-state index contributed by atoms with van der Waals surface area (Å²) in [5.74, 6) is 0. The van der Waals surface area contributed by atoms with E-state index in [0.717, 1.165) is 12.6 Å². The summed E-state index contributed by atoms with van der Waals surface area (Å²) in [7, 11) is 4.44.